The summed E-state index contributed by atoms with van der Waals surface area (Å²) in [5.41, 5.74) is 1.69. The van der Waals surface area contributed by atoms with Crippen LogP contribution >= 0.6 is 11.8 Å². The molecule has 0 spiro atoms. The third-order valence-electron chi connectivity index (χ3n) is 1.91. The highest BCUT2D eigenvalue weighted by molar-refractivity contribution is 8.13. The van der Waals surface area contributed by atoms with Gasteiger partial charge in [0.15, 0.2) is 5.12 Å². The summed E-state index contributed by atoms with van der Waals surface area (Å²) in [6.45, 7) is 1.60. The maximum Gasteiger partial charge on any atom is 0.185 e. The van der Waals surface area contributed by atoms with E-state index in [0.29, 0.717) is 0 Å². The maximum absolute atomic E-state index is 10.7. The highest BCUT2D eigenvalue weighted by Crippen LogP contribution is 2.07. The van der Waals surface area contributed by atoms with Crippen molar-refractivity contribution in [3.05, 3.63) is 35.7 Å². The molecule has 0 unspecified atom stereocenters. The number of allylic oxidation sites excluding steroid dienone is 1. The van der Waals surface area contributed by atoms with E-state index in [2.05, 4.69) is 4.98 Å². The highest BCUT2D eigenvalue weighted by Gasteiger charge is 1.93. The zero-order chi connectivity index (χ0) is 11.8. The van der Waals surface area contributed by atoms with E-state index in [0.717, 1.165) is 23.4 Å². The third-order valence-corrected chi connectivity index (χ3v) is 2.75. The smallest absolute Gasteiger partial charge is 0.185 e. The first-order chi connectivity index (χ1) is 7.72. The van der Waals surface area contributed by atoms with E-state index in [4.69, 9.17) is 5.11 Å². The monoisotopic (exact) mass is 237 g/mol. The molecule has 0 aliphatic carbocycles. The molecule has 0 aromatic carbocycles. The van der Waals surface area contributed by atoms with Crippen molar-refractivity contribution in [2.24, 2.45) is 0 Å². The molecule has 0 aliphatic rings. The molecular formula is C12H15NO2S. The second kappa shape index (κ2) is 7.19. The van der Waals surface area contributed by atoms with Crippen molar-refractivity contribution >= 4 is 23.0 Å². The standard InChI is InChI=1S/C12H15NO2S/c1-10(15)16-7-3-2-4-12-8-11(9-14)5-6-13-12/h2,4-6,8,14H,3,7,9H2,1H3. The van der Waals surface area contributed by atoms with Gasteiger partial charge < -0.3 is 5.11 Å². The molecule has 1 aromatic heterocycles. The molecule has 0 radical (unpaired) electrons. The number of hydrogen-bond donors (Lipinski definition) is 1. The van der Waals surface area contributed by atoms with Gasteiger partial charge >= 0.3 is 0 Å². The zero-order valence-electron chi connectivity index (χ0n) is 9.22. The molecule has 0 amide bonds. The lowest BCUT2D eigenvalue weighted by molar-refractivity contribution is -0.109. The first-order valence-electron chi connectivity index (χ1n) is 5.08. The molecule has 1 aromatic rings. The van der Waals surface area contributed by atoms with Crippen LogP contribution in [-0.2, 0) is 11.4 Å². The summed E-state index contributed by atoms with van der Waals surface area (Å²) in [7, 11) is 0. The molecule has 4 heteroatoms. The Morgan fingerprint density at radius 2 is 2.44 bits per heavy atom. The van der Waals surface area contributed by atoms with Crippen LogP contribution in [0.15, 0.2) is 24.4 Å². The fourth-order valence-electron chi connectivity index (χ4n) is 1.16. The predicted octanol–water partition coefficient (Wildman–Crippen LogP) is 2.26. The molecule has 1 heterocycles. The minimum absolute atomic E-state index is 0.0313. The fraction of sp³-hybridized carbons (Fsp3) is 0.333. The fourth-order valence-corrected chi connectivity index (χ4v) is 1.70. The van der Waals surface area contributed by atoms with Gasteiger partial charge in [-0.2, -0.15) is 0 Å². The number of pyridine rings is 1. The van der Waals surface area contributed by atoms with Gasteiger partial charge in [0.05, 0.1) is 12.3 Å². The van der Waals surface area contributed by atoms with Gasteiger partial charge in [0.2, 0.25) is 0 Å². The van der Waals surface area contributed by atoms with Crippen molar-refractivity contribution in [3.8, 4) is 0 Å². The largest absolute Gasteiger partial charge is 0.392 e. The second-order valence-electron chi connectivity index (χ2n) is 3.28. The van der Waals surface area contributed by atoms with Crippen molar-refractivity contribution in [2.75, 3.05) is 5.75 Å². The second-order valence-corrected chi connectivity index (χ2v) is 4.55. The van der Waals surface area contributed by atoms with Crippen molar-refractivity contribution in [2.45, 2.75) is 20.0 Å². The molecule has 3 nitrogen and oxygen atoms in total. The van der Waals surface area contributed by atoms with E-state index in [1.807, 2.05) is 18.2 Å². The van der Waals surface area contributed by atoms with E-state index in [-0.39, 0.29) is 11.7 Å². The molecule has 0 saturated carbocycles. The zero-order valence-corrected chi connectivity index (χ0v) is 10.0. The van der Waals surface area contributed by atoms with Gasteiger partial charge in [0.1, 0.15) is 0 Å². The Morgan fingerprint density at radius 3 is 3.12 bits per heavy atom. The molecule has 0 fully saturated rings. The predicted molar refractivity (Wildman–Crippen MR) is 66.9 cm³/mol. The Labute approximate surface area is 99.6 Å². The summed E-state index contributed by atoms with van der Waals surface area (Å²) in [4.78, 5) is 14.8. The number of rotatable bonds is 5. The lowest BCUT2D eigenvalue weighted by Gasteiger charge is -1.97. The third kappa shape index (κ3) is 5.09. The minimum atomic E-state index is 0.0313. The number of aliphatic hydroxyl groups is 1. The lowest BCUT2D eigenvalue weighted by atomic mass is 10.2. The van der Waals surface area contributed by atoms with Crippen LogP contribution in [0.5, 0.6) is 0 Å². The Hall–Kier alpha value is -1.13. The average molecular weight is 237 g/mol. The van der Waals surface area contributed by atoms with Gasteiger partial charge in [-0.1, -0.05) is 17.8 Å². The molecule has 1 rings (SSSR count). The number of thioether (sulfide) groups is 1. The Kier molecular flexibility index (Phi) is 5.82. The van der Waals surface area contributed by atoms with Gasteiger partial charge in [0, 0.05) is 18.9 Å². The molecule has 0 atom stereocenters. The van der Waals surface area contributed by atoms with Crippen LogP contribution in [-0.4, -0.2) is 21.0 Å². The average Bonchev–Trinajstić information content (AvgIpc) is 2.28. The summed E-state index contributed by atoms with van der Waals surface area (Å²) in [6.07, 6.45) is 6.41. The summed E-state index contributed by atoms with van der Waals surface area (Å²) >= 11 is 1.32. The van der Waals surface area contributed by atoms with Crippen molar-refractivity contribution in [1.82, 2.24) is 4.98 Å². The van der Waals surface area contributed by atoms with Crippen molar-refractivity contribution in [3.63, 3.8) is 0 Å². The Balaban J connectivity index is 2.40. The number of carbonyl (C=O) groups excluding carboxylic acids is 1. The quantitative estimate of drug-likeness (QED) is 0.798. The molecule has 0 bridgehead atoms. The summed E-state index contributed by atoms with van der Waals surface area (Å²) in [5, 5.41) is 9.09. The normalized spacial score (nSPS) is 10.9. The number of aromatic nitrogens is 1. The molecule has 1 N–H and O–H groups in total. The van der Waals surface area contributed by atoms with E-state index < -0.39 is 0 Å². The number of nitrogens with zero attached hydrogens (tertiary/aromatic N) is 1. The highest BCUT2D eigenvalue weighted by atomic mass is 32.2. The topological polar surface area (TPSA) is 50.2 Å². The number of aliphatic hydroxyl groups excluding tert-OH is 1. The Morgan fingerprint density at radius 1 is 1.62 bits per heavy atom. The van der Waals surface area contributed by atoms with Crippen LogP contribution in [0, 0.1) is 0 Å². The van der Waals surface area contributed by atoms with Crippen LogP contribution in [0.25, 0.3) is 6.08 Å². The van der Waals surface area contributed by atoms with Gasteiger partial charge in [0.25, 0.3) is 0 Å². The lowest BCUT2D eigenvalue weighted by Crippen LogP contribution is -1.87. The van der Waals surface area contributed by atoms with Crippen molar-refractivity contribution in [1.29, 1.82) is 0 Å². The van der Waals surface area contributed by atoms with Crippen LogP contribution < -0.4 is 0 Å². The minimum Gasteiger partial charge on any atom is -0.392 e. The van der Waals surface area contributed by atoms with Crippen LogP contribution in [0.3, 0.4) is 0 Å². The van der Waals surface area contributed by atoms with Gasteiger partial charge in [-0.05, 0) is 30.2 Å². The van der Waals surface area contributed by atoms with Gasteiger partial charge in [-0.3, -0.25) is 9.78 Å². The molecular weight excluding hydrogens is 222 g/mol. The summed E-state index contributed by atoms with van der Waals surface area (Å²) in [6, 6.07) is 3.62. The molecule has 86 valence electrons. The van der Waals surface area contributed by atoms with E-state index >= 15 is 0 Å². The molecule has 0 aliphatic heterocycles. The van der Waals surface area contributed by atoms with E-state index in [1.54, 1.807) is 19.2 Å². The molecule has 16 heavy (non-hydrogen) atoms. The van der Waals surface area contributed by atoms with E-state index in [9.17, 15) is 4.79 Å². The summed E-state index contributed by atoms with van der Waals surface area (Å²) in [5.74, 6) is 0.797. The molecule has 0 saturated heterocycles. The summed E-state index contributed by atoms with van der Waals surface area (Å²) < 4.78 is 0. The van der Waals surface area contributed by atoms with E-state index in [1.165, 1.54) is 11.8 Å². The Bertz CT molecular complexity index is 377. The van der Waals surface area contributed by atoms with Gasteiger partial charge in [-0.15, -0.1) is 0 Å². The first kappa shape index (κ1) is 12.9. The first-order valence-corrected chi connectivity index (χ1v) is 6.06. The van der Waals surface area contributed by atoms with Crippen LogP contribution in [0.2, 0.25) is 0 Å². The van der Waals surface area contributed by atoms with Crippen LogP contribution in [0.1, 0.15) is 24.6 Å². The number of carbonyl (C=O) groups is 1. The number of hydrogen-bond acceptors (Lipinski definition) is 4. The van der Waals surface area contributed by atoms with Crippen molar-refractivity contribution < 1.29 is 9.90 Å². The SMILES string of the molecule is CC(=O)SCCC=Cc1cc(CO)ccn1. The van der Waals surface area contributed by atoms with Gasteiger partial charge in [-0.25, -0.2) is 0 Å². The van der Waals surface area contributed by atoms with Crippen LogP contribution in [0.4, 0.5) is 0 Å². The maximum atomic E-state index is 10.7.